The molecule has 12 heavy (non-hydrogen) atoms. The van der Waals surface area contributed by atoms with Crippen LogP contribution in [0.15, 0.2) is 0 Å². The van der Waals surface area contributed by atoms with E-state index >= 15 is 0 Å². The fourth-order valence-corrected chi connectivity index (χ4v) is 1.49. The first-order valence-corrected chi connectivity index (χ1v) is 4.42. The van der Waals surface area contributed by atoms with E-state index in [2.05, 4.69) is 0 Å². The van der Waals surface area contributed by atoms with E-state index in [1.54, 1.807) is 4.90 Å². The largest absolute Gasteiger partial charge is 0.363 e. The molecule has 2 atom stereocenters. The maximum Gasteiger partial charge on any atom is 0.251 e. The Bertz CT molecular complexity index is 179. The molecule has 3 heteroatoms. The van der Waals surface area contributed by atoms with E-state index < -0.39 is 0 Å². The molecule has 1 rings (SSSR count). The summed E-state index contributed by atoms with van der Waals surface area (Å²) in [6.45, 7) is 6.73. The van der Waals surface area contributed by atoms with Gasteiger partial charge in [0.2, 0.25) is 0 Å². The Balaban J connectivity index is 2.66. The molecular formula is C9H17NO2. The predicted molar refractivity (Wildman–Crippen MR) is 46.8 cm³/mol. The van der Waals surface area contributed by atoms with Gasteiger partial charge in [0.25, 0.3) is 5.91 Å². The lowest BCUT2D eigenvalue weighted by molar-refractivity contribution is -0.162. The quantitative estimate of drug-likeness (QED) is 0.586. The van der Waals surface area contributed by atoms with Crippen molar-refractivity contribution in [3.05, 3.63) is 0 Å². The first kappa shape index (κ1) is 9.52. The van der Waals surface area contributed by atoms with Crippen LogP contribution in [-0.4, -0.2) is 36.6 Å². The molecular weight excluding hydrogens is 154 g/mol. The van der Waals surface area contributed by atoms with Gasteiger partial charge in [-0.15, -0.1) is 0 Å². The van der Waals surface area contributed by atoms with Crippen LogP contribution in [0.3, 0.4) is 0 Å². The maximum atomic E-state index is 11.5. The van der Waals surface area contributed by atoms with E-state index in [1.165, 1.54) is 0 Å². The fourth-order valence-electron chi connectivity index (χ4n) is 1.49. The first-order chi connectivity index (χ1) is 5.52. The Kier molecular flexibility index (Phi) is 2.73. The van der Waals surface area contributed by atoms with Crippen molar-refractivity contribution in [3.63, 3.8) is 0 Å². The Hall–Kier alpha value is -0.570. The molecule has 1 heterocycles. The lowest BCUT2D eigenvalue weighted by Gasteiger charge is -2.35. The number of likely N-dealkylation sites (N-methyl/N-ethyl adjacent to an activating group) is 1. The number of rotatable bonds is 1. The molecule has 70 valence electrons. The Morgan fingerprint density at radius 2 is 2.17 bits per heavy atom. The fraction of sp³-hybridized carbons (Fsp3) is 0.889. The van der Waals surface area contributed by atoms with Gasteiger partial charge in [-0.05, 0) is 12.8 Å². The molecule has 0 aliphatic carbocycles. The van der Waals surface area contributed by atoms with Crippen molar-refractivity contribution in [1.82, 2.24) is 4.90 Å². The highest BCUT2D eigenvalue weighted by Gasteiger charge is 2.32. The number of nitrogens with zero attached hydrogens (tertiary/aromatic N) is 1. The average molecular weight is 171 g/mol. The first-order valence-electron chi connectivity index (χ1n) is 4.42. The van der Waals surface area contributed by atoms with Gasteiger partial charge in [0.1, 0.15) is 6.10 Å². The number of amides is 1. The molecule has 0 saturated carbocycles. The van der Waals surface area contributed by atoms with Crippen LogP contribution in [0.4, 0.5) is 0 Å². The molecule has 0 spiro atoms. The summed E-state index contributed by atoms with van der Waals surface area (Å²) in [5, 5.41) is 0. The van der Waals surface area contributed by atoms with Crippen LogP contribution in [0.25, 0.3) is 0 Å². The molecule has 0 aromatic rings. The zero-order valence-corrected chi connectivity index (χ0v) is 8.20. The average Bonchev–Trinajstić information content (AvgIpc) is 1.96. The minimum Gasteiger partial charge on any atom is -0.363 e. The van der Waals surface area contributed by atoms with Gasteiger partial charge < -0.3 is 9.64 Å². The van der Waals surface area contributed by atoms with Crippen molar-refractivity contribution < 1.29 is 9.53 Å². The van der Waals surface area contributed by atoms with Gasteiger partial charge in [-0.1, -0.05) is 13.8 Å². The van der Waals surface area contributed by atoms with E-state index in [0.717, 1.165) is 0 Å². The molecule has 0 aromatic carbocycles. The van der Waals surface area contributed by atoms with E-state index in [-0.39, 0.29) is 24.0 Å². The number of carbonyl (C=O) groups is 1. The minimum absolute atomic E-state index is 0.114. The van der Waals surface area contributed by atoms with Gasteiger partial charge in [-0.3, -0.25) is 4.79 Å². The number of hydrogen-bond donors (Lipinski definition) is 0. The minimum atomic E-state index is -0.237. The van der Waals surface area contributed by atoms with E-state index in [4.69, 9.17) is 4.74 Å². The van der Waals surface area contributed by atoms with Crippen molar-refractivity contribution >= 4 is 5.91 Å². The number of morpholine rings is 1. The normalized spacial score (nSPS) is 31.4. The van der Waals surface area contributed by atoms with E-state index in [9.17, 15) is 4.79 Å². The zero-order chi connectivity index (χ0) is 9.30. The van der Waals surface area contributed by atoms with Crippen LogP contribution in [0.5, 0.6) is 0 Å². The van der Waals surface area contributed by atoms with Crippen LogP contribution in [0, 0.1) is 5.92 Å². The van der Waals surface area contributed by atoms with Gasteiger partial charge in [-0.25, -0.2) is 0 Å². The van der Waals surface area contributed by atoms with Crippen LogP contribution >= 0.6 is 0 Å². The molecule has 0 radical (unpaired) electrons. The SMILES string of the molecule is CC1CN(C)C(=O)C(C(C)C)O1. The molecule has 2 unspecified atom stereocenters. The highest BCUT2D eigenvalue weighted by molar-refractivity contribution is 5.81. The van der Waals surface area contributed by atoms with Crippen LogP contribution < -0.4 is 0 Å². The summed E-state index contributed by atoms with van der Waals surface area (Å²) in [6.07, 6.45) is -0.0705. The van der Waals surface area contributed by atoms with Crippen LogP contribution in [0.1, 0.15) is 20.8 Å². The standard InChI is InChI=1S/C9H17NO2/c1-6(2)8-9(11)10(4)5-7(3)12-8/h6-8H,5H2,1-4H3. The van der Waals surface area contributed by atoms with Gasteiger partial charge >= 0.3 is 0 Å². The zero-order valence-electron chi connectivity index (χ0n) is 8.20. The van der Waals surface area contributed by atoms with Gasteiger partial charge in [0.15, 0.2) is 0 Å². The molecule has 1 saturated heterocycles. The lowest BCUT2D eigenvalue weighted by atomic mass is 10.0. The molecule has 1 aliphatic rings. The topological polar surface area (TPSA) is 29.5 Å². The second kappa shape index (κ2) is 3.44. The van der Waals surface area contributed by atoms with Gasteiger partial charge in [0.05, 0.1) is 6.10 Å². The lowest BCUT2D eigenvalue weighted by Crippen LogP contribution is -2.51. The second-order valence-electron chi connectivity index (χ2n) is 3.83. The summed E-state index contributed by atoms with van der Waals surface area (Å²) in [5.74, 6) is 0.380. The monoisotopic (exact) mass is 171 g/mol. The summed E-state index contributed by atoms with van der Waals surface area (Å²) in [5.41, 5.74) is 0. The van der Waals surface area contributed by atoms with E-state index in [0.29, 0.717) is 6.54 Å². The van der Waals surface area contributed by atoms with Crippen molar-refractivity contribution in [2.45, 2.75) is 33.0 Å². The van der Waals surface area contributed by atoms with Crippen molar-refractivity contribution in [3.8, 4) is 0 Å². The third-order valence-corrected chi connectivity index (χ3v) is 2.14. The maximum absolute atomic E-state index is 11.5. The molecule has 0 aromatic heterocycles. The van der Waals surface area contributed by atoms with Crippen molar-refractivity contribution in [2.24, 2.45) is 5.92 Å². The molecule has 0 bridgehead atoms. The Labute approximate surface area is 73.7 Å². The summed E-state index contributed by atoms with van der Waals surface area (Å²) < 4.78 is 5.54. The van der Waals surface area contributed by atoms with Crippen molar-refractivity contribution in [1.29, 1.82) is 0 Å². The van der Waals surface area contributed by atoms with Crippen LogP contribution in [-0.2, 0) is 9.53 Å². The Morgan fingerprint density at radius 1 is 1.58 bits per heavy atom. The van der Waals surface area contributed by atoms with E-state index in [1.807, 2.05) is 27.8 Å². The second-order valence-corrected chi connectivity index (χ2v) is 3.83. The molecule has 1 amide bonds. The summed E-state index contributed by atoms with van der Waals surface area (Å²) in [4.78, 5) is 13.3. The highest BCUT2D eigenvalue weighted by atomic mass is 16.5. The number of carbonyl (C=O) groups excluding carboxylic acids is 1. The van der Waals surface area contributed by atoms with Gasteiger partial charge in [0, 0.05) is 13.6 Å². The highest BCUT2D eigenvalue weighted by Crippen LogP contribution is 2.17. The molecule has 1 fully saturated rings. The smallest absolute Gasteiger partial charge is 0.251 e. The molecule has 0 N–H and O–H groups in total. The summed E-state index contributed by atoms with van der Waals surface area (Å²) in [6, 6.07) is 0. The van der Waals surface area contributed by atoms with Crippen molar-refractivity contribution in [2.75, 3.05) is 13.6 Å². The van der Waals surface area contributed by atoms with Crippen LogP contribution in [0.2, 0.25) is 0 Å². The number of hydrogen-bond acceptors (Lipinski definition) is 2. The third-order valence-electron chi connectivity index (χ3n) is 2.14. The molecule has 3 nitrogen and oxygen atoms in total. The molecule has 1 aliphatic heterocycles. The summed E-state index contributed by atoms with van der Waals surface area (Å²) >= 11 is 0. The predicted octanol–water partition coefficient (Wildman–Crippen LogP) is 0.888. The third kappa shape index (κ3) is 1.78. The number of ether oxygens (including phenoxy) is 1. The summed E-state index contributed by atoms with van der Waals surface area (Å²) in [7, 11) is 1.83. The van der Waals surface area contributed by atoms with Gasteiger partial charge in [-0.2, -0.15) is 0 Å². The Morgan fingerprint density at radius 3 is 2.67 bits per heavy atom.